The number of rotatable bonds is 9. The highest BCUT2D eigenvalue weighted by Gasteiger charge is 2.33. The molecular formula is C23H20ClF3N2O4S. The highest BCUT2D eigenvalue weighted by molar-refractivity contribution is 7.92. The molecule has 0 unspecified atom stereocenters. The van der Waals surface area contributed by atoms with Gasteiger partial charge in [-0.3, -0.25) is 9.10 Å². The van der Waals surface area contributed by atoms with Crippen molar-refractivity contribution < 1.29 is 31.1 Å². The van der Waals surface area contributed by atoms with Crippen molar-refractivity contribution in [2.24, 2.45) is 0 Å². The van der Waals surface area contributed by atoms with Gasteiger partial charge >= 0.3 is 6.18 Å². The number of carbonyl (C=O) groups excluding carboxylic acids is 1. The first kappa shape index (κ1) is 25.4. The maximum Gasteiger partial charge on any atom is 0.416 e. The number of carbonyl (C=O) groups is 1. The third-order valence-electron chi connectivity index (χ3n) is 4.59. The van der Waals surface area contributed by atoms with E-state index in [2.05, 4.69) is 5.32 Å². The molecule has 3 rings (SSSR count). The summed E-state index contributed by atoms with van der Waals surface area (Å²) in [4.78, 5) is 12.4. The normalized spacial score (nSPS) is 11.6. The number of hydrogen-bond donors (Lipinski definition) is 1. The predicted molar refractivity (Wildman–Crippen MR) is 122 cm³/mol. The summed E-state index contributed by atoms with van der Waals surface area (Å²) >= 11 is 5.80. The molecule has 0 atom stereocenters. The summed E-state index contributed by atoms with van der Waals surface area (Å²) in [6.45, 7) is -0.592. The van der Waals surface area contributed by atoms with E-state index in [4.69, 9.17) is 16.3 Å². The van der Waals surface area contributed by atoms with Crippen molar-refractivity contribution in [3.05, 3.63) is 89.4 Å². The second-order valence-corrected chi connectivity index (χ2v) is 9.32. The first-order chi connectivity index (χ1) is 16.1. The lowest BCUT2D eigenvalue weighted by atomic mass is 10.2. The molecule has 34 heavy (non-hydrogen) atoms. The molecule has 11 heteroatoms. The summed E-state index contributed by atoms with van der Waals surface area (Å²) in [5, 5.41) is 3.05. The van der Waals surface area contributed by atoms with E-state index in [-0.39, 0.29) is 23.7 Å². The Balaban J connectivity index is 1.76. The van der Waals surface area contributed by atoms with Crippen molar-refractivity contribution in [1.82, 2.24) is 5.32 Å². The Kier molecular flexibility index (Phi) is 8.06. The number of nitrogens with one attached hydrogen (secondary N) is 1. The van der Waals surface area contributed by atoms with E-state index in [1.165, 1.54) is 30.3 Å². The standard InChI is InChI=1S/C23H20ClF3N2O4S/c24-18-9-11-20(12-10-18)33-14-13-28-22(30)16-29(34(31,32)21-7-2-1-3-8-21)19-6-4-5-17(15-19)23(25,26)27/h1-12,15H,13-14,16H2,(H,28,30). The molecule has 0 aromatic heterocycles. The van der Waals surface area contributed by atoms with Crippen molar-refractivity contribution in [3.63, 3.8) is 0 Å². The van der Waals surface area contributed by atoms with Gasteiger partial charge in [-0.1, -0.05) is 35.9 Å². The summed E-state index contributed by atoms with van der Waals surface area (Å²) in [7, 11) is -4.33. The zero-order valence-electron chi connectivity index (χ0n) is 17.6. The fourth-order valence-electron chi connectivity index (χ4n) is 2.95. The molecule has 0 aliphatic carbocycles. The Morgan fingerprint density at radius 2 is 1.65 bits per heavy atom. The molecule has 6 nitrogen and oxygen atoms in total. The second-order valence-electron chi connectivity index (χ2n) is 7.03. The van der Waals surface area contributed by atoms with Crippen LogP contribution < -0.4 is 14.4 Å². The van der Waals surface area contributed by atoms with Crippen LogP contribution in [0.5, 0.6) is 5.75 Å². The van der Waals surface area contributed by atoms with Crippen molar-refractivity contribution >= 4 is 33.2 Å². The predicted octanol–water partition coefficient (Wildman–Crippen LogP) is 4.75. The minimum absolute atomic E-state index is 0.0449. The Labute approximate surface area is 200 Å². The number of amides is 1. The van der Waals surface area contributed by atoms with Gasteiger partial charge in [-0.2, -0.15) is 13.2 Å². The SMILES string of the molecule is O=C(CN(c1cccc(C(F)(F)F)c1)S(=O)(=O)c1ccccc1)NCCOc1ccc(Cl)cc1. The van der Waals surface area contributed by atoms with Gasteiger partial charge in [0, 0.05) is 5.02 Å². The molecule has 3 aromatic carbocycles. The van der Waals surface area contributed by atoms with E-state index in [1.807, 2.05) is 0 Å². The lowest BCUT2D eigenvalue weighted by Crippen LogP contribution is -2.42. The average molecular weight is 513 g/mol. The quantitative estimate of drug-likeness (QED) is 0.420. The molecule has 0 bridgehead atoms. The van der Waals surface area contributed by atoms with Crippen LogP contribution in [0.1, 0.15) is 5.56 Å². The third-order valence-corrected chi connectivity index (χ3v) is 6.63. The smallest absolute Gasteiger partial charge is 0.416 e. The highest BCUT2D eigenvalue weighted by atomic mass is 35.5. The van der Waals surface area contributed by atoms with Crippen LogP contribution in [0, 0.1) is 0 Å². The van der Waals surface area contributed by atoms with Gasteiger partial charge in [0.15, 0.2) is 0 Å². The van der Waals surface area contributed by atoms with E-state index in [9.17, 15) is 26.4 Å². The molecule has 0 aliphatic rings. The molecule has 0 spiro atoms. The van der Waals surface area contributed by atoms with Crippen LogP contribution >= 0.6 is 11.6 Å². The Hall–Kier alpha value is -3.24. The van der Waals surface area contributed by atoms with Crippen molar-refractivity contribution in [2.45, 2.75) is 11.1 Å². The molecule has 0 fully saturated rings. The van der Waals surface area contributed by atoms with Gasteiger partial charge in [0.1, 0.15) is 18.9 Å². The van der Waals surface area contributed by atoms with Gasteiger partial charge < -0.3 is 10.1 Å². The molecule has 0 radical (unpaired) electrons. The van der Waals surface area contributed by atoms with E-state index in [0.29, 0.717) is 21.1 Å². The Bertz CT molecular complexity index is 1220. The molecule has 1 amide bonds. The first-order valence-corrected chi connectivity index (χ1v) is 11.8. The van der Waals surface area contributed by atoms with Crippen LogP contribution in [0.25, 0.3) is 0 Å². The van der Waals surface area contributed by atoms with Gasteiger partial charge in [0.25, 0.3) is 10.0 Å². The lowest BCUT2D eigenvalue weighted by Gasteiger charge is -2.25. The van der Waals surface area contributed by atoms with Gasteiger partial charge in [0.05, 0.1) is 22.7 Å². The molecule has 3 aromatic rings. The number of halogens is 4. The average Bonchev–Trinajstić information content (AvgIpc) is 2.81. The van der Waals surface area contributed by atoms with E-state index in [0.717, 1.165) is 12.1 Å². The van der Waals surface area contributed by atoms with Crippen molar-refractivity contribution in [1.29, 1.82) is 0 Å². The summed E-state index contributed by atoms with van der Waals surface area (Å²) < 4.78 is 72.1. The Morgan fingerprint density at radius 1 is 0.971 bits per heavy atom. The molecule has 0 saturated heterocycles. The summed E-state index contributed by atoms with van der Waals surface area (Å²) in [6, 6.07) is 17.5. The second kappa shape index (κ2) is 10.8. The monoisotopic (exact) mass is 512 g/mol. The maximum absolute atomic E-state index is 13.2. The largest absolute Gasteiger partial charge is 0.492 e. The van der Waals surface area contributed by atoms with E-state index >= 15 is 0 Å². The van der Waals surface area contributed by atoms with Crippen LogP contribution in [0.4, 0.5) is 18.9 Å². The maximum atomic E-state index is 13.2. The van der Waals surface area contributed by atoms with Crippen molar-refractivity contribution in [3.8, 4) is 5.75 Å². The van der Waals surface area contributed by atoms with Crippen LogP contribution in [0.3, 0.4) is 0 Å². The van der Waals surface area contributed by atoms with Crippen molar-refractivity contribution in [2.75, 3.05) is 24.0 Å². The lowest BCUT2D eigenvalue weighted by molar-refractivity contribution is -0.137. The van der Waals surface area contributed by atoms with E-state index in [1.54, 1.807) is 30.3 Å². The molecular weight excluding hydrogens is 493 g/mol. The fourth-order valence-corrected chi connectivity index (χ4v) is 4.51. The number of hydrogen-bond acceptors (Lipinski definition) is 4. The number of nitrogens with zero attached hydrogens (tertiary/aromatic N) is 1. The molecule has 180 valence electrons. The van der Waals surface area contributed by atoms with E-state index < -0.39 is 34.2 Å². The molecule has 0 saturated carbocycles. The van der Waals surface area contributed by atoms with Gasteiger partial charge in [-0.25, -0.2) is 8.42 Å². The number of anilines is 1. The fraction of sp³-hybridized carbons (Fsp3) is 0.174. The summed E-state index contributed by atoms with van der Waals surface area (Å²) in [5.41, 5.74) is -1.32. The molecule has 1 N–H and O–H groups in total. The highest BCUT2D eigenvalue weighted by Crippen LogP contribution is 2.33. The van der Waals surface area contributed by atoms with Gasteiger partial charge in [0.2, 0.25) is 5.91 Å². The number of sulfonamides is 1. The number of ether oxygens (including phenoxy) is 1. The summed E-state index contributed by atoms with van der Waals surface area (Å²) in [6.07, 6.45) is -4.68. The van der Waals surface area contributed by atoms with Crippen LogP contribution in [0.2, 0.25) is 5.02 Å². The third kappa shape index (κ3) is 6.64. The minimum Gasteiger partial charge on any atom is -0.492 e. The summed E-state index contributed by atoms with van der Waals surface area (Å²) in [5.74, 6) is -0.187. The molecule has 0 aliphatic heterocycles. The van der Waals surface area contributed by atoms with Gasteiger partial charge in [-0.05, 0) is 54.6 Å². The van der Waals surface area contributed by atoms with Crippen LogP contribution in [0.15, 0.2) is 83.8 Å². The number of alkyl halides is 3. The van der Waals surface area contributed by atoms with Crippen LogP contribution in [-0.4, -0.2) is 34.0 Å². The van der Waals surface area contributed by atoms with Gasteiger partial charge in [-0.15, -0.1) is 0 Å². The topological polar surface area (TPSA) is 75.7 Å². The zero-order valence-corrected chi connectivity index (χ0v) is 19.2. The number of benzene rings is 3. The Morgan fingerprint density at radius 3 is 2.29 bits per heavy atom. The first-order valence-electron chi connectivity index (χ1n) is 9.97. The minimum atomic E-state index is -4.68. The van der Waals surface area contributed by atoms with Crippen LogP contribution in [-0.2, 0) is 21.0 Å². The molecule has 0 heterocycles. The zero-order chi connectivity index (χ0) is 24.8.